The molecule has 0 amide bonds. The number of hydrogen-bond acceptors (Lipinski definition) is 1. The van der Waals surface area contributed by atoms with E-state index in [-0.39, 0.29) is 0 Å². The van der Waals surface area contributed by atoms with Crippen molar-refractivity contribution in [3.05, 3.63) is 0 Å². The first-order valence-electron chi connectivity index (χ1n) is 7.79. The van der Waals surface area contributed by atoms with Gasteiger partial charge in [0.2, 0.25) is 0 Å². The van der Waals surface area contributed by atoms with Crippen molar-refractivity contribution < 1.29 is 0 Å². The molecule has 0 radical (unpaired) electrons. The van der Waals surface area contributed by atoms with Crippen LogP contribution in [0.4, 0.5) is 0 Å². The van der Waals surface area contributed by atoms with Gasteiger partial charge in [-0.05, 0) is 36.9 Å². The Bertz CT molecular complexity index is 156. The van der Waals surface area contributed by atoms with Gasteiger partial charge in [-0.2, -0.15) is 12.6 Å². The van der Waals surface area contributed by atoms with Gasteiger partial charge in [0.1, 0.15) is 0 Å². The van der Waals surface area contributed by atoms with Crippen LogP contribution >= 0.6 is 12.6 Å². The summed E-state index contributed by atoms with van der Waals surface area (Å²) in [6.07, 6.45) is 15.3. The number of unbranched alkanes of at least 4 members (excludes halogenated alkanes) is 5. The van der Waals surface area contributed by atoms with E-state index < -0.39 is 0 Å². The van der Waals surface area contributed by atoms with E-state index in [1.54, 1.807) is 0 Å². The molecule has 0 fully saturated rings. The lowest BCUT2D eigenvalue weighted by Gasteiger charge is -2.30. The minimum Gasteiger partial charge on any atom is -0.179 e. The van der Waals surface area contributed by atoms with E-state index in [1.165, 1.54) is 70.6 Å². The van der Waals surface area contributed by atoms with Crippen molar-refractivity contribution in [1.29, 1.82) is 0 Å². The highest BCUT2D eigenvalue weighted by atomic mass is 32.1. The van der Waals surface area contributed by atoms with Gasteiger partial charge in [0, 0.05) is 0 Å². The maximum Gasteiger partial charge on any atom is -0.00977 e. The van der Waals surface area contributed by atoms with Crippen LogP contribution in [0.3, 0.4) is 0 Å². The van der Waals surface area contributed by atoms with Gasteiger partial charge in [0.25, 0.3) is 0 Å². The molecule has 1 atom stereocenters. The largest absolute Gasteiger partial charge is 0.179 e. The maximum absolute atomic E-state index is 4.37. The smallest absolute Gasteiger partial charge is 0.00977 e. The third-order valence-corrected chi connectivity index (χ3v) is 4.27. The Kier molecular flexibility index (Phi) is 11.7. The Labute approximate surface area is 115 Å². The molecule has 0 aliphatic rings. The lowest BCUT2D eigenvalue weighted by atomic mass is 9.76. The molecule has 0 aromatic rings. The molecule has 0 saturated carbocycles. The Morgan fingerprint density at radius 1 is 0.706 bits per heavy atom. The fourth-order valence-corrected chi connectivity index (χ4v) is 2.82. The van der Waals surface area contributed by atoms with E-state index in [9.17, 15) is 0 Å². The average Bonchev–Trinajstić information content (AvgIpc) is 2.33. The standard InChI is InChI=1S/C16H34S/c1-4-6-8-10-13-16(3,14-11-15-17)12-9-7-5-2/h17H,4-15H2,1-3H3. The first-order chi connectivity index (χ1) is 8.18. The first-order valence-corrected chi connectivity index (χ1v) is 8.42. The predicted molar refractivity (Wildman–Crippen MR) is 84.1 cm³/mol. The molecule has 0 aliphatic heterocycles. The van der Waals surface area contributed by atoms with Crippen LogP contribution < -0.4 is 0 Å². The van der Waals surface area contributed by atoms with Crippen LogP contribution in [0.2, 0.25) is 0 Å². The quantitative estimate of drug-likeness (QED) is 0.310. The van der Waals surface area contributed by atoms with Crippen molar-refractivity contribution in [3.63, 3.8) is 0 Å². The third-order valence-electron chi connectivity index (χ3n) is 3.96. The zero-order valence-corrected chi connectivity index (χ0v) is 13.3. The van der Waals surface area contributed by atoms with E-state index >= 15 is 0 Å². The summed E-state index contributed by atoms with van der Waals surface area (Å²) in [5.41, 5.74) is 0.603. The van der Waals surface area contributed by atoms with Crippen LogP contribution in [0.5, 0.6) is 0 Å². The second kappa shape index (κ2) is 11.4. The third kappa shape index (κ3) is 10.00. The highest BCUT2D eigenvalue weighted by molar-refractivity contribution is 7.80. The number of rotatable bonds is 12. The van der Waals surface area contributed by atoms with Gasteiger partial charge >= 0.3 is 0 Å². The van der Waals surface area contributed by atoms with Gasteiger partial charge in [-0.25, -0.2) is 0 Å². The van der Waals surface area contributed by atoms with Crippen molar-refractivity contribution in [2.75, 3.05) is 5.75 Å². The van der Waals surface area contributed by atoms with Crippen molar-refractivity contribution >= 4 is 12.6 Å². The second-order valence-corrected chi connectivity index (χ2v) is 6.35. The number of thiol groups is 1. The van der Waals surface area contributed by atoms with E-state index in [0.29, 0.717) is 5.41 Å². The van der Waals surface area contributed by atoms with E-state index in [2.05, 4.69) is 33.4 Å². The molecule has 0 heterocycles. The molecule has 0 rings (SSSR count). The zero-order chi connectivity index (χ0) is 13.0. The van der Waals surface area contributed by atoms with Gasteiger partial charge in [0.15, 0.2) is 0 Å². The van der Waals surface area contributed by atoms with E-state index in [4.69, 9.17) is 0 Å². The molecule has 0 aliphatic carbocycles. The molecule has 104 valence electrons. The monoisotopic (exact) mass is 258 g/mol. The van der Waals surface area contributed by atoms with Crippen LogP contribution in [0, 0.1) is 5.41 Å². The summed E-state index contributed by atoms with van der Waals surface area (Å²) in [6, 6.07) is 0. The van der Waals surface area contributed by atoms with Gasteiger partial charge in [-0.15, -0.1) is 0 Å². The summed E-state index contributed by atoms with van der Waals surface area (Å²) < 4.78 is 0. The fourth-order valence-electron chi connectivity index (χ4n) is 2.66. The Balaban J connectivity index is 3.90. The van der Waals surface area contributed by atoms with Crippen molar-refractivity contribution in [3.8, 4) is 0 Å². The molecule has 0 aromatic heterocycles. The van der Waals surface area contributed by atoms with Crippen LogP contribution in [0.25, 0.3) is 0 Å². The summed E-state index contributed by atoms with van der Waals surface area (Å²) in [5, 5.41) is 0. The van der Waals surface area contributed by atoms with Crippen LogP contribution in [-0.2, 0) is 0 Å². The molecular formula is C16H34S. The summed E-state index contributed by atoms with van der Waals surface area (Å²) >= 11 is 4.37. The second-order valence-electron chi connectivity index (χ2n) is 5.91. The van der Waals surface area contributed by atoms with Crippen molar-refractivity contribution in [2.45, 2.75) is 91.4 Å². The molecule has 0 spiro atoms. The molecular weight excluding hydrogens is 224 g/mol. The highest BCUT2D eigenvalue weighted by Crippen LogP contribution is 2.35. The first kappa shape index (κ1) is 17.4. The molecule has 0 aromatic carbocycles. The lowest BCUT2D eigenvalue weighted by molar-refractivity contribution is 0.230. The Morgan fingerprint density at radius 2 is 1.18 bits per heavy atom. The van der Waals surface area contributed by atoms with E-state index in [1.807, 2.05) is 0 Å². The average molecular weight is 259 g/mol. The predicted octanol–water partition coefficient (Wildman–Crippen LogP) is 6.25. The highest BCUT2D eigenvalue weighted by Gasteiger charge is 2.22. The topological polar surface area (TPSA) is 0 Å². The van der Waals surface area contributed by atoms with E-state index in [0.717, 1.165) is 5.75 Å². The van der Waals surface area contributed by atoms with Gasteiger partial charge in [-0.1, -0.05) is 65.7 Å². The molecule has 1 unspecified atom stereocenters. The summed E-state index contributed by atoms with van der Waals surface area (Å²) in [7, 11) is 0. The molecule has 0 nitrogen and oxygen atoms in total. The molecule has 0 N–H and O–H groups in total. The van der Waals surface area contributed by atoms with Gasteiger partial charge in [-0.3, -0.25) is 0 Å². The normalized spacial score (nSPS) is 14.8. The van der Waals surface area contributed by atoms with Crippen molar-refractivity contribution in [1.82, 2.24) is 0 Å². The Morgan fingerprint density at radius 3 is 1.71 bits per heavy atom. The number of hydrogen-bond donors (Lipinski definition) is 1. The maximum atomic E-state index is 4.37. The zero-order valence-electron chi connectivity index (χ0n) is 12.4. The van der Waals surface area contributed by atoms with Crippen LogP contribution in [0.15, 0.2) is 0 Å². The summed E-state index contributed by atoms with van der Waals surface area (Å²) in [4.78, 5) is 0. The van der Waals surface area contributed by atoms with Crippen LogP contribution in [0.1, 0.15) is 91.4 Å². The fraction of sp³-hybridized carbons (Fsp3) is 1.00. The lowest BCUT2D eigenvalue weighted by Crippen LogP contribution is -2.17. The minimum absolute atomic E-state index is 0.603. The molecule has 0 saturated heterocycles. The molecule has 0 bridgehead atoms. The van der Waals surface area contributed by atoms with Crippen molar-refractivity contribution in [2.24, 2.45) is 5.41 Å². The summed E-state index contributed by atoms with van der Waals surface area (Å²) in [5.74, 6) is 1.05. The minimum atomic E-state index is 0.603. The summed E-state index contributed by atoms with van der Waals surface area (Å²) in [6.45, 7) is 7.10. The molecule has 1 heteroatoms. The van der Waals surface area contributed by atoms with Crippen LogP contribution in [-0.4, -0.2) is 5.75 Å². The van der Waals surface area contributed by atoms with Gasteiger partial charge < -0.3 is 0 Å². The Hall–Kier alpha value is 0.350. The SMILES string of the molecule is CCCCCCC(C)(CCCS)CCCCC. The molecule has 17 heavy (non-hydrogen) atoms. The van der Waals surface area contributed by atoms with Gasteiger partial charge in [0.05, 0.1) is 0 Å².